The summed E-state index contributed by atoms with van der Waals surface area (Å²) in [5.41, 5.74) is 0. The fourth-order valence-corrected chi connectivity index (χ4v) is 2.02. The van der Waals surface area contributed by atoms with Crippen LogP contribution >= 0.6 is 0 Å². The Morgan fingerprint density at radius 3 is 2.43 bits per heavy atom. The Kier molecular flexibility index (Phi) is 8.05. The van der Waals surface area contributed by atoms with Crippen LogP contribution in [0.4, 0.5) is 11.6 Å². The van der Waals surface area contributed by atoms with Crippen LogP contribution in [0, 0.1) is 5.92 Å². The number of aryl methyl sites for hydroxylation is 1. The molecular weight excluding hydrogens is 264 g/mol. The number of hydrogen-bond acceptors (Lipinski definition) is 5. The zero-order chi connectivity index (χ0) is 15.7. The van der Waals surface area contributed by atoms with Gasteiger partial charge in [-0.25, -0.2) is 9.97 Å². The molecule has 0 saturated heterocycles. The molecule has 0 radical (unpaired) electrons. The average molecular weight is 294 g/mol. The van der Waals surface area contributed by atoms with Gasteiger partial charge in [-0.05, 0) is 18.8 Å². The van der Waals surface area contributed by atoms with Crippen molar-refractivity contribution in [1.82, 2.24) is 9.97 Å². The van der Waals surface area contributed by atoms with Gasteiger partial charge in [-0.15, -0.1) is 0 Å². The predicted molar refractivity (Wildman–Crippen MR) is 88.9 cm³/mol. The molecule has 0 spiro atoms. The van der Waals surface area contributed by atoms with Crippen LogP contribution in [0.2, 0.25) is 0 Å². The Morgan fingerprint density at radius 1 is 1.14 bits per heavy atom. The molecule has 2 N–H and O–H groups in total. The monoisotopic (exact) mass is 294 g/mol. The summed E-state index contributed by atoms with van der Waals surface area (Å²) < 4.78 is 5.29. The number of hydrogen-bond donors (Lipinski definition) is 2. The lowest BCUT2D eigenvalue weighted by Crippen LogP contribution is -2.31. The summed E-state index contributed by atoms with van der Waals surface area (Å²) in [5.74, 6) is 3.14. The first-order valence-corrected chi connectivity index (χ1v) is 7.97. The van der Waals surface area contributed by atoms with Gasteiger partial charge in [-0.2, -0.15) is 0 Å². The molecule has 0 amide bonds. The maximum atomic E-state index is 5.29. The third kappa shape index (κ3) is 6.29. The van der Waals surface area contributed by atoms with Gasteiger partial charge in [0, 0.05) is 26.1 Å². The van der Waals surface area contributed by atoms with Crippen LogP contribution in [-0.2, 0) is 11.2 Å². The molecule has 5 nitrogen and oxygen atoms in total. The fourth-order valence-electron chi connectivity index (χ4n) is 2.02. The topological polar surface area (TPSA) is 59.1 Å². The average Bonchev–Trinajstić information content (AvgIpc) is 2.45. The van der Waals surface area contributed by atoms with E-state index in [0.29, 0.717) is 12.5 Å². The molecule has 21 heavy (non-hydrogen) atoms. The number of ether oxygens (including phenoxy) is 1. The van der Waals surface area contributed by atoms with Crippen molar-refractivity contribution in [2.24, 2.45) is 5.92 Å². The van der Waals surface area contributed by atoms with Gasteiger partial charge in [0.15, 0.2) is 0 Å². The fraction of sp³-hybridized carbons (Fsp3) is 0.750. The summed E-state index contributed by atoms with van der Waals surface area (Å²) in [4.78, 5) is 9.18. The van der Waals surface area contributed by atoms with Gasteiger partial charge < -0.3 is 15.4 Å². The molecule has 0 bridgehead atoms. The van der Waals surface area contributed by atoms with Crippen molar-refractivity contribution >= 4 is 11.6 Å². The molecule has 0 fully saturated rings. The summed E-state index contributed by atoms with van der Waals surface area (Å²) in [6.07, 6.45) is 3.02. The van der Waals surface area contributed by atoms with Crippen molar-refractivity contribution in [2.45, 2.75) is 53.0 Å². The van der Waals surface area contributed by atoms with E-state index in [1.165, 1.54) is 0 Å². The Morgan fingerprint density at radius 2 is 1.86 bits per heavy atom. The second-order valence-corrected chi connectivity index (χ2v) is 5.68. The Balaban J connectivity index is 2.89. The molecule has 1 heterocycles. The Hall–Kier alpha value is -1.36. The number of anilines is 2. The van der Waals surface area contributed by atoms with E-state index < -0.39 is 0 Å². The van der Waals surface area contributed by atoms with Gasteiger partial charge >= 0.3 is 0 Å². The highest BCUT2D eigenvalue weighted by Gasteiger charge is 2.14. The first-order valence-electron chi connectivity index (χ1n) is 7.97. The molecule has 0 aromatic carbocycles. The first-order chi connectivity index (χ1) is 10.1. The van der Waals surface area contributed by atoms with E-state index in [4.69, 9.17) is 4.74 Å². The summed E-state index contributed by atoms with van der Waals surface area (Å²) in [5, 5.41) is 6.82. The summed E-state index contributed by atoms with van der Waals surface area (Å²) in [7, 11) is 1.73. The zero-order valence-electron chi connectivity index (χ0n) is 14.1. The third-order valence-corrected chi connectivity index (χ3v) is 3.29. The van der Waals surface area contributed by atoms with E-state index in [1.807, 2.05) is 6.07 Å². The van der Waals surface area contributed by atoms with E-state index in [1.54, 1.807) is 7.11 Å². The summed E-state index contributed by atoms with van der Waals surface area (Å²) >= 11 is 0. The normalized spacial score (nSPS) is 12.5. The number of nitrogens with zero attached hydrogens (tertiary/aromatic N) is 2. The lowest BCUT2D eigenvalue weighted by molar-refractivity contribution is 0.171. The molecule has 5 heteroatoms. The number of nitrogens with one attached hydrogen (secondary N) is 2. The highest BCUT2D eigenvalue weighted by atomic mass is 16.5. The highest BCUT2D eigenvalue weighted by Crippen LogP contribution is 2.16. The van der Waals surface area contributed by atoms with E-state index in [0.717, 1.165) is 43.3 Å². The minimum Gasteiger partial charge on any atom is -0.383 e. The quantitative estimate of drug-likeness (QED) is 0.693. The minimum atomic E-state index is 0.249. The molecule has 0 saturated carbocycles. The Labute approximate surface area is 128 Å². The molecule has 1 rings (SSSR count). The summed E-state index contributed by atoms with van der Waals surface area (Å²) in [6, 6.07) is 2.23. The van der Waals surface area contributed by atoms with E-state index in [-0.39, 0.29) is 6.04 Å². The van der Waals surface area contributed by atoms with Crippen LogP contribution < -0.4 is 10.6 Å². The standard InChI is InChI=1S/C16H30N4O/c1-6-8-14-19-15(17-9-7-2)10-16(20-14)18-13(11-21-5)12(3)4/h10,12-13H,6-9,11H2,1-5H3,(H2,17,18,19,20). The molecule has 0 aliphatic heterocycles. The van der Waals surface area contributed by atoms with Crippen LogP contribution in [0.1, 0.15) is 46.4 Å². The lowest BCUT2D eigenvalue weighted by atomic mass is 10.1. The Bertz CT molecular complexity index is 409. The maximum absolute atomic E-state index is 5.29. The van der Waals surface area contributed by atoms with Crippen molar-refractivity contribution in [2.75, 3.05) is 30.9 Å². The second kappa shape index (κ2) is 9.55. The molecule has 1 aromatic heterocycles. The first kappa shape index (κ1) is 17.7. The molecule has 1 unspecified atom stereocenters. The van der Waals surface area contributed by atoms with Crippen LogP contribution in [-0.4, -0.2) is 36.3 Å². The predicted octanol–water partition coefficient (Wildman–Crippen LogP) is 3.33. The summed E-state index contributed by atoms with van der Waals surface area (Å²) in [6.45, 7) is 10.2. The zero-order valence-corrected chi connectivity index (χ0v) is 14.1. The smallest absolute Gasteiger partial charge is 0.133 e. The van der Waals surface area contributed by atoms with Crippen molar-refractivity contribution in [3.8, 4) is 0 Å². The van der Waals surface area contributed by atoms with E-state index in [9.17, 15) is 0 Å². The van der Waals surface area contributed by atoms with Gasteiger partial charge in [0.05, 0.1) is 12.6 Å². The van der Waals surface area contributed by atoms with Crippen LogP contribution in [0.15, 0.2) is 6.07 Å². The molecule has 1 aromatic rings. The van der Waals surface area contributed by atoms with Crippen molar-refractivity contribution in [3.05, 3.63) is 11.9 Å². The van der Waals surface area contributed by atoms with Crippen molar-refractivity contribution in [1.29, 1.82) is 0 Å². The molecular formula is C16H30N4O. The van der Waals surface area contributed by atoms with Crippen LogP contribution in [0.25, 0.3) is 0 Å². The van der Waals surface area contributed by atoms with Gasteiger partial charge in [-0.3, -0.25) is 0 Å². The number of rotatable bonds is 10. The number of aromatic nitrogens is 2. The van der Waals surface area contributed by atoms with E-state index in [2.05, 4.69) is 48.3 Å². The van der Waals surface area contributed by atoms with Crippen LogP contribution in [0.5, 0.6) is 0 Å². The number of methoxy groups -OCH3 is 1. The maximum Gasteiger partial charge on any atom is 0.133 e. The van der Waals surface area contributed by atoms with Gasteiger partial charge in [-0.1, -0.05) is 27.7 Å². The lowest BCUT2D eigenvalue weighted by Gasteiger charge is -2.22. The van der Waals surface area contributed by atoms with Crippen molar-refractivity contribution in [3.63, 3.8) is 0 Å². The largest absolute Gasteiger partial charge is 0.383 e. The van der Waals surface area contributed by atoms with Gasteiger partial charge in [0.2, 0.25) is 0 Å². The molecule has 1 atom stereocenters. The SMILES string of the molecule is CCCNc1cc(NC(COC)C(C)C)nc(CCC)n1. The van der Waals surface area contributed by atoms with E-state index >= 15 is 0 Å². The van der Waals surface area contributed by atoms with Gasteiger partial charge in [0.1, 0.15) is 17.5 Å². The van der Waals surface area contributed by atoms with Crippen molar-refractivity contribution < 1.29 is 4.74 Å². The van der Waals surface area contributed by atoms with Crippen LogP contribution in [0.3, 0.4) is 0 Å². The van der Waals surface area contributed by atoms with Gasteiger partial charge in [0.25, 0.3) is 0 Å². The molecule has 0 aliphatic carbocycles. The second-order valence-electron chi connectivity index (χ2n) is 5.68. The molecule has 0 aliphatic rings. The minimum absolute atomic E-state index is 0.249. The highest BCUT2D eigenvalue weighted by molar-refractivity contribution is 5.48. The molecule has 120 valence electrons. The third-order valence-electron chi connectivity index (χ3n) is 3.29.